The number of fused-ring (bicyclic) bond motifs is 1. The maximum Gasteiger partial charge on any atom is 0.275 e. The highest BCUT2D eigenvalue weighted by molar-refractivity contribution is 5.80. The summed E-state index contributed by atoms with van der Waals surface area (Å²) in [6, 6.07) is 16.8. The van der Waals surface area contributed by atoms with Crippen molar-refractivity contribution in [3.63, 3.8) is 0 Å². The summed E-state index contributed by atoms with van der Waals surface area (Å²) < 4.78 is 6.94. The van der Waals surface area contributed by atoms with Crippen LogP contribution in [0.4, 0.5) is 0 Å². The van der Waals surface area contributed by atoms with E-state index in [1.54, 1.807) is 12.3 Å². The van der Waals surface area contributed by atoms with Crippen molar-refractivity contribution in [2.24, 2.45) is 0 Å². The van der Waals surface area contributed by atoms with Gasteiger partial charge in [0.15, 0.2) is 0 Å². The molecule has 0 unspecified atom stereocenters. The fraction of sp³-hybridized carbons (Fsp3) is 0.0588. The third-order valence-electron chi connectivity index (χ3n) is 3.53. The third-order valence-corrected chi connectivity index (χ3v) is 3.53. The van der Waals surface area contributed by atoms with Gasteiger partial charge in [0, 0.05) is 10.9 Å². The number of hydrogen-bond donors (Lipinski definition) is 0. The molecule has 0 aliphatic rings. The van der Waals surface area contributed by atoms with Crippen LogP contribution in [0.1, 0.15) is 5.89 Å². The molecule has 0 spiro atoms. The molecule has 0 amide bonds. The number of hydrogen-bond acceptors (Lipinski definition) is 5. The van der Waals surface area contributed by atoms with Crippen LogP contribution in [0.25, 0.3) is 22.2 Å². The predicted molar refractivity (Wildman–Crippen MR) is 84.8 cm³/mol. The van der Waals surface area contributed by atoms with Crippen LogP contribution in [-0.2, 0) is 6.54 Å². The Hall–Kier alpha value is -3.28. The largest absolute Gasteiger partial charge is 0.419 e. The van der Waals surface area contributed by atoms with Crippen molar-refractivity contribution in [2.45, 2.75) is 6.54 Å². The smallest absolute Gasteiger partial charge is 0.275 e. The van der Waals surface area contributed by atoms with Crippen LogP contribution in [0, 0.1) is 0 Å². The molecule has 4 aromatic rings. The molecule has 2 aromatic heterocycles. The predicted octanol–water partition coefficient (Wildman–Crippen LogP) is 2.49. The van der Waals surface area contributed by atoms with Crippen LogP contribution in [0.15, 0.2) is 70.0 Å². The quantitative estimate of drug-likeness (QED) is 0.581. The Kier molecular flexibility index (Phi) is 3.20. The summed E-state index contributed by atoms with van der Waals surface area (Å²) in [6.45, 7) is 0.142. The first-order valence-electron chi connectivity index (χ1n) is 7.14. The van der Waals surface area contributed by atoms with Crippen LogP contribution >= 0.6 is 0 Å². The van der Waals surface area contributed by atoms with Gasteiger partial charge in [0.1, 0.15) is 6.54 Å². The van der Waals surface area contributed by atoms with Crippen molar-refractivity contribution in [1.29, 1.82) is 0 Å². The SMILES string of the molecule is O=c1c2ccccc2cnn1Cc1nnc(-c2ccccc2)o1. The molecule has 0 aliphatic carbocycles. The molecule has 0 atom stereocenters. The second-order valence-electron chi connectivity index (χ2n) is 5.06. The summed E-state index contributed by atoms with van der Waals surface area (Å²) in [7, 11) is 0. The van der Waals surface area contributed by atoms with E-state index in [2.05, 4.69) is 15.3 Å². The number of benzene rings is 2. The summed E-state index contributed by atoms with van der Waals surface area (Å²) >= 11 is 0. The highest BCUT2D eigenvalue weighted by Crippen LogP contribution is 2.17. The van der Waals surface area contributed by atoms with Crippen LogP contribution in [0.5, 0.6) is 0 Å². The maximum absolute atomic E-state index is 12.4. The molecule has 2 heterocycles. The number of nitrogens with zero attached hydrogens (tertiary/aromatic N) is 4. The minimum absolute atomic E-state index is 0.142. The Labute approximate surface area is 131 Å². The van der Waals surface area contributed by atoms with Crippen LogP contribution in [-0.4, -0.2) is 20.0 Å². The zero-order valence-electron chi connectivity index (χ0n) is 12.1. The Morgan fingerprint density at radius 1 is 0.957 bits per heavy atom. The van der Waals surface area contributed by atoms with Gasteiger partial charge in [-0.3, -0.25) is 4.79 Å². The standard InChI is InChI=1S/C17H12N4O2/c22-17-14-9-5-4-8-13(14)10-18-21(17)11-15-19-20-16(23-15)12-6-2-1-3-7-12/h1-10H,11H2. The molecule has 6 heteroatoms. The zero-order valence-corrected chi connectivity index (χ0v) is 12.1. The minimum atomic E-state index is -0.178. The highest BCUT2D eigenvalue weighted by Gasteiger charge is 2.11. The van der Waals surface area contributed by atoms with Gasteiger partial charge in [-0.25, -0.2) is 4.68 Å². The van der Waals surface area contributed by atoms with Crippen molar-refractivity contribution in [3.05, 3.63) is 77.0 Å². The van der Waals surface area contributed by atoms with E-state index in [0.29, 0.717) is 17.2 Å². The van der Waals surface area contributed by atoms with Gasteiger partial charge >= 0.3 is 0 Å². The van der Waals surface area contributed by atoms with Gasteiger partial charge in [-0.15, -0.1) is 10.2 Å². The van der Waals surface area contributed by atoms with Gasteiger partial charge in [0.2, 0.25) is 11.8 Å². The van der Waals surface area contributed by atoms with Gasteiger partial charge in [-0.05, 0) is 18.2 Å². The first-order chi connectivity index (χ1) is 11.3. The van der Waals surface area contributed by atoms with E-state index in [0.717, 1.165) is 10.9 Å². The normalized spacial score (nSPS) is 11.0. The molecule has 0 saturated carbocycles. The number of aromatic nitrogens is 4. The molecule has 0 bridgehead atoms. The first-order valence-corrected chi connectivity index (χ1v) is 7.14. The molecule has 6 nitrogen and oxygen atoms in total. The molecule has 112 valence electrons. The summed E-state index contributed by atoms with van der Waals surface area (Å²) in [5, 5.41) is 13.6. The van der Waals surface area contributed by atoms with Gasteiger partial charge in [-0.1, -0.05) is 36.4 Å². The van der Waals surface area contributed by atoms with Gasteiger partial charge < -0.3 is 4.42 Å². The molecule has 23 heavy (non-hydrogen) atoms. The van der Waals surface area contributed by atoms with E-state index in [4.69, 9.17) is 4.42 Å². The topological polar surface area (TPSA) is 73.8 Å². The summed E-state index contributed by atoms with van der Waals surface area (Å²) in [5.41, 5.74) is 0.660. The van der Waals surface area contributed by atoms with E-state index >= 15 is 0 Å². The summed E-state index contributed by atoms with van der Waals surface area (Å²) in [6.07, 6.45) is 1.66. The van der Waals surface area contributed by atoms with Crippen molar-refractivity contribution < 1.29 is 4.42 Å². The summed E-state index contributed by atoms with van der Waals surface area (Å²) in [5.74, 6) is 0.767. The molecule has 0 N–H and O–H groups in total. The lowest BCUT2D eigenvalue weighted by atomic mass is 10.2. The Morgan fingerprint density at radius 2 is 1.74 bits per heavy atom. The van der Waals surface area contributed by atoms with Gasteiger partial charge in [-0.2, -0.15) is 5.10 Å². The molecule has 0 saturated heterocycles. The molecule has 0 radical (unpaired) electrons. The minimum Gasteiger partial charge on any atom is -0.419 e. The Morgan fingerprint density at radius 3 is 2.61 bits per heavy atom. The maximum atomic E-state index is 12.4. The van der Waals surface area contributed by atoms with Crippen molar-refractivity contribution in [2.75, 3.05) is 0 Å². The van der Waals surface area contributed by atoms with Gasteiger partial charge in [0.05, 0.1) is 11.6 Å². The molecule has 0 aliphatic heterocycles. The molecule has 0 fully saturated rings. The Balaban J connectivity index is 1.68. The molecule has 2 aromatic carbocycles. The van der Waals surface area contributed by atoms with Gasteiger partial charge in [0.25, 0.3) is 5.56 Å². The van der Waals surface area contributed by atoms with Crippen molar-refractivity contribution >= 4 is 10.8 Å². The zero-order chi connectivity index (χ0) is 15.6. The van der Waals surface area contributed by atoms with E-state index in [9.17, 15) is 4.79 Å². The lowest BCUT2D eigenvalue weighted by Gasteiger charge is -2.02. The van der Waals surface area contributed by atoms with Crippen molar-refractivity contribution in [1.82, 2.24) is 20.0 Å². The van der Waals surface area contributed by atoms with Crippen LogP contribution in [0.2, 0.25) is 0 Å². The highest BCUT2D eigenvalue weighted by atomic mass is 16.4. The third kappa shape index (κ3) is 2.50. The van der Waals surface area contributed by atoms with E-state index in [1.807, 2.05) is 48.5 Å². The number of rotatable bonds is 3. The molecular formula is C17H12N4O2. The second kappa shape index (κ2) is 5.49. The average Bonchev–Trinajstić information content (AvgIpc) is 3.07. The fourth-order valence-corrected chi connectivity index (χ4v) is 2.38. The van der Waals surface area contributed by atoms with E-state index < -0.39 is 0 Å². The van der Waals surface area contributed by atoms with E-state index in [1.165, 1.54) is 4.68 Å². The van der Waals surface area contributed by atoms with Crippen LogP contribution in [0.3, 0.4) is 0 Å². The average molecular weight is 304 g/mol. The van der Waals surface area contributed by atoms with Crippen molar-refractivity contribution in [3.8, 4) is 11.5 Å². The lowest BCUT2D eigenvalue weighted by Crippen LogP contribution is -2.23. The Bertz CT molecular complexity index is 1020. The second-order valence-corrected chi connectivity index (χ2v) is 5.06. The van der Waals surface area contributed by atoms with E-state index in [-0.39, 0.29) is 12.1 Å². The molecular weight excluding hydrogens is 292 g/mol. The summed E-state index contributed by atoms with van der Waals surface area (Å²) in [4.78, 5) is 12.4. The first kappa shape index (κ1) is 13.4. The van der Waals surface area contributed by atoms with Crippen LogP contribution < -0.4 is 5.56 Å². The lowest BCUT2D eigenvalue weighted by molar-refractivity contribution is 0.467. The molecule has 4 rings (SSSR count). The monoisotopic (exact) mass is 304 g/mol. The fourth-order valence-electron chi connectivity index (χ4n) is 2.38.